The second kappa shape index (κ2) is 6.90. The topological polar surface area (TPSA) is 75.8 Å². The molecule has 136 valence electrons. The van der Waals surface area contributed by atoms with E-state index in [0.717, 1.165) is 5.06 Å². The largest absolute Gasteiger partial charge is 0.622 e. The highest BCUT2D eigenvalue weighted by molar-refractivity contribution is 6.07. The molecule has 1 aliphatic rings. The lowest BCUT2D eigenvalue weighted by Crippen LogP contribution is -2.54. The van der Waals surface area contributed by atoms with Crippen LogP contribution in [0.2, 0.25) is 0 Å². The molecule has 0 radical (unpaired) electrons. The predicted molar refractivity (Wildman–Crippen MR) is 97.6 cm³/mol. The van der Waals surface area contributed by atoms with E-state index < -0.39 is 17.5 Å². The molecule has 2 atom stereocenters. The van der Waals surface area contributed by atoms with E-state index in [1.54, 1.807) is 36.4 Å². The van der Waals surface area contributed by atoms with E-state index in [-0.39, 0.29) is 0 Å². The summed E-state index contributed by atoms with van der Waals surface area (Å²) < 4.78 is 5.75. The molecule has 6 nitrogen and oxygen atoms in total. The summed E-state index contributed by atoms with van der Waals surface area (Å²) in [5.74, 6) is 0.142. The fourth-order valence-electron chi connectivity index (χ4n) is 3.38. The van der Waals surface area contributed by atoms with Crippen LogP contribution in [-0.4, -0.2) is 45.3 Å². The Labute approximate surface area is 152 Å². The molecule has 0 aliphatic carbocycles. The average Bonchev–Trinajstić information content (AvgIpc) is 2.89. The van der Waals surface area contributed by atoms with Crippen molar-refractivity contribution < 1.29 is 19.5 Å². The lowest BCUT2D eigenvalue weighted by atomic mass is 9.99. The summed E-state index contributed by atoms with van der Waals surface area (Å²) in [5.41, 5.74) is -0.322. The van der Waals surface area contributed by atoms with Gasteiger partial charge >= 0.3 is 5.66 Å². The van der Waals surface area contributed by atoms with Gasteiger partial charge in [-0.1, -0.05) is 25.1 Å². The van der Waals surface area contributed by atoms with Gasteiger partial charge in [-0.05, 0) is 42.8 Å². The van der Waals surface area contributed by atoms with Crippen LogP contribution in [0.3, 0.4) is 0 Å². The smallest absolute Gasteiger partial charge is 0.312 e. The molecular formula is C20H22N2O4. The Balaban J connectivity index is 2.09. The Morgan fingerprint density at radius 3 is 2.38 bits per heavy atom. The summed E-state index contributed by atoms with van der Waals surface area (Å²) in [6.07, 6.45) is 0.491. The first-order chi connectivity index (χ1) is 12.4. The number of Topliss-reactive ketones (excluding diaryl/α,β-unsaturated/α-hetero) is 1. The van der Waals surface area contributed by atoms with Crippen molar-refractivity contribution in [1.82, 2.24) is 5.06 Å². The minimum Gasteiger partial charge on any atom is -0.622 e. The third kappa shape index (κ3) is 2.67. The van der Waals surface area contributed by atoms with Crippen LogP contribution in [0.1, 0.15) is 36.2 Å². The van der Waals surface area contributed by atoms with Crippen molar-refractivity contribution in [1.29, 1.82) is 0 Å². The fraction of sp³-hybridized carbons (Fsp3) is 0.300. The second-order valence-electron chi connectivity index (χ2n) is 6.39. The summed E-state index contributed by atoms with van der Waals surface area (Å²) in [5, 5.41) is 24.8. The Bertz CT molecular complexity index is 833. The minimum atomic E-state index is -1.74. The number of ether oxygens (including phenoxy) is 1. The maximum absolute atomic E-state index is 13.2. The zero-order valence-corrected chi connectivity index (χ0v) is 15.0. The quantitative estimate of drug-likeness (QED) is 0.507. The highest BCUT2D eigenvalue weighted by Crippen LogP contribution is 2.32. The van der Waals surface area contributed by atoms with Crippen LogP contribution in [0.15, 0.2) is 54.6 Å². The molecule has 0 amide bonds. The van der Waals surface area contributed by atoms with Crippen molar-refractivity contribution in [3.05, 3.63) is 70.9 Å². The Morgan fingerprint density at radius 2 is 1.85 bits per heavy atom. The maximum Gasteiger partial charge on any atom is 0.312 e. The highest BCUT2D eigenvalue weighted by atomic mass is 16.6. The van der Waals surface area contributed by atoms with Crippen LogP contribution in [-0.2, 0) is 0 Å². The van der Waals surface area contributed by atoms with E-state index in [4.69, 9.17) is 4.74 Å². The summed E-state index contributed by atoms with van der Waals surface area (Å²) in [6, 6.07) is 15.0. The lowest BCUT2D eigenvalue weighted by Gasteiger charge is -2.28. The van der Waals surface area contributed by atoms with Gasteiger partial charge in [-0.15, -0.1) is 5.06 Å². The predicted octanol–water partition coefficient (Wildman–Crippen LogP) is 3.08. The monoisotopic (exact) mass is 354 g/mol. The Kier molecular flexibility index (Phi) is 4.80. The number of hydrogen-bond acceptors (Lipinski definition) is 5. The number of nitrogens with zero attached hydrogens (tertiary/aromatic N) is 2. The van der Waals surface area contributed by atoms with Crippen molar-refractivity contribution in [2.75, 3.05) is 7.11 Å². The number of hydrogen-bond donors (Lipinski definition) is 1. The molecule has 1 aliphatic heterocycles. The van der Waals surface area contributed by atoms with Crippen LogP contribution in [0.25, 0.3) is 0 Å². The van der Waals surface area contributed by atoms with Crippen LogP contribution in [0, 0.1) is 5.21 Å². The maximum atomic E-state index is 13.2. The molecule has 0 fully saturated rings. The SMILES string of the molecule is CC[C@@H]1C(c2ccccc2)=[N+]([O-])[C@@](C)(C(=O)c2ccc(OC)cc2)N1O. The second-order valence-corrected chi connectivity index (χ2v) is 6.39. The van der Waals surface area contributed by atoms with Crippen molar-refractivity contribution in [2.24, 2.45) is 0 Å². The van der Waals surface area contributed by atoms with Gasteiger partial charge in [0.2, 0.25) is 5.71 Å². The molecule has 0 bridgehead atoms. The number of hydroxylamine groups is 3. The summed E-state index contributed by atoms with van der Waals surface area (Å²) >= 11 is 0. The lowest BCUT2D eigenvalue weighted by molar-refractivity contribution is -0.562. The molecule has 6 heteroatoms. The van der Waals surface area contributed by atoms with Crippen LogP contribution >= 0.6 is 0 Å². The first-order valence-electron chi connectivity index (χ1n) is 8.51. The fourth-order valence-corrected chi connectivity index (χ4v) is 3.38. The molecule has 3 rings (SSSR count). The van der Waals surface area contributed by atoms with Crippen molar-refractivity contribution in [3.63, 3.8) is 0 Å². The molecule has 0 unspecified atom stereocenters. The van der Waals surface area contributed by atoms with Crippen molar-refractivity contribution in [3.8, 4) is 5.75 Å². The third-order valence-corrected chi connectivity index (χ3v) is 4.91. The zero-order chi connectivity index (χ0) is 18.9. The molecule has 0 saturated carbocycles. The van der Waals surface area contributed by atoms with E-state index in [1.807, 2.05) is 25.1 Å². The third-order valence-electron chi connectivity index (χ3n) is 4.91. The Hall–Kier alpha value is -2.70. The molecule has 26 heavy (non-hydrogen) atoms. The van der Waals surface area contributed by atoms with Gasteiger partial charge in [0, 0.05) is 18.1 Å². The molecule has 2 aromatic rings. The van der Waals surface area contributed by atoms with Crippen LogP contribution in [0.5, 0.6) is 5.75 Å². The zero-order valence-electron chi connectivity index (χ0n) is 15.0. The summed E-state index contributed by atoms with van der Waals surface area (Å²) in [4.78, 5) is 13.1. The molecule has 0 spiro atoms. The van der Waals surface area contributed by atoms with E-state index in [2.05, 4.69) is 0 Å². The molecular weight excluding hydrogens is 332 g/mol. The van der Waals surface area contributed by atoms with E-state index in [1.165, 1.54) is 14.0 Å². The highest BCUT2D eigenvalue weighted by Gasteiger charge is 2.59. The summed E-state index contributed by atoms with van der Waals surface area (Å²) in [6.45, 7) is 3.32. The van der Waals surface area contributed by atoms with Gasteiger partial charge in [0.15, 0.2) is 0 Å². The van der Waals surface area contributed by atoms with Crippen molar-refractivity contribution in [2.45, 2.75) is 32.0 Å². The minimum absolute atomic E-state index is 0.331. The number of ketones is 1. The molecule has 1 heterocycles. The van der Waals surface area contributed by atoms with E-state index in [9.17, 15) is 15.2 Å². The standard InChI is InChI=1S/C20H22N2O4/c1-4-17-18(14-8-6-5-7-9-14)22(25)20(2,21(17)24)19(23)15-10-12-16(26-3)13-11-15/h5-13,17,24H,4H2,1-3H3/t17-,20+/m1/s1. The van der Waals surface area contributed by atoms with E-state index >= 15 is 0 Å². The van der Waals surface area contributed by atoms with Gasteiger partial charge in [-0.2, -0.15) is 4.74 Å². The van der Waals surface area contributed by atoms with Gasteiger partial charge in [0.05, 0.1) is 7.11 Å². The van der Waals surface area contributed by atoms with E-state index in [0.29, 0.717) is 33.7 Å². The molecule has 1 N–H and O–H groups in total. The van der Waals surface area contributed by atoms with Crippen LogP contribution < -0.4 is 4.74 Å². The van der Waals surface area contributed by atoms with Gasteiger partial charge < -0.3 is 15.2 Å². The first kappa shape index (κ1) is 18.1. The first-order valence-corrected chi connectivity index (χ1v) is 8.51. The number of methoxy groups -OCH3 is 1. The summed E-state index contributed by atoms with van der Waals surface area (Å²) in [7, 11) is 1.54. The normalized spacial score (nSPS) is 23.3. The number of carbonyl (C=O) groups is 1. The number of carbonyl (C=O) groups excluding carboxylic acids is 1. The molecule has 0 saturated heterocycles. The van der Waals surface area contributed by atoms with Gasteiger partial charge in [-0.3, -0.25) is 4.79 Å². The van der Waals surface area contributed by atoms with Crippen molar-refractivity contribution >= 4 is 11.5 Å². The number of benzene rings is 2. The van der Waals surface area contributed by atoms with Gasteiger partial charge in [0.1, 0.15) is 11.8 Å². The van der Waals surface area contributed by atoms with Gasteiger partial charge in [-0.25, -0.2) is 0 Å². The molecule has 2 aromatic carbocycles. The molecule has 0 aromatic heterocycles. The number of rotatable bonds is 5. The van der Waals surface area contributed by atoms with Gasteiger partial charge in [0.25, 0.3) is 5.78 Å². The average molecular weight is 354 g/mol. The van der Waals surface area contributed by atoms with Crippen LogP contribution in [0.4, 0.5) is 0 Å². The Morgan fingerprint density at radius 1 is 1.23 bits per heavy atom.